The number of rotatable bonds is 6. The first-order valence-electron chi connectivity index (χ1n) is 9.84. The van der Waals surface area contributed by atoms with E-state index in [1.807, 2.05) is 0 Å². The third-order valence-electron chi connectivity index (χ3n) is 5.22. The molecule has 30 heavy (non-hydrogen) atoms. The second-order valence-corrected chi connectivity index (χ2v) is 7.84. The molecule has 1 heterocycles. The molecule has 0 saturated heterocycles. The van der Waals surface area contributed by atoms with E-state index in [4.69, 9.17) is 16.3 Å². The van der Waals surface area contributed by atoms with Crippen LogP contribution in [0.3, 0.4) is 0 Å². The van der Waals surface area contributed by atoms with Gasteiger partial charge in [-0.15, -0.1) is 0 Å². The Labute approximate surface area is 179 Å². The summed E-state index contributed by atoms with van der Waals surface area (Å²) in [5, 5.41) is 15.3. The highest BCUT2D eigenvalue weighted by molar-refractivity contribution is 6.30. The number of amides is 2. The first-order valence-corrected chi connectivity index (χ1v) is 10.2. The van der Waals surface area contributed by atoms with Gasteiger partial charge in [-0.05, 0) is 44.7 Å². The van der Waals surface area contributed by atoms with Crippen molar-refractivity contribution in [2.45, 2.75) is 50.9 Å². The molecule has 1 saturated carbocycles. The Bertz CT molecular complexity index is 925. The van der Waals surface area contributed by atoms with Crippen molar-refractivity contribution < 1.29 is 23.8 Å². The fourth-order valence-electron chi connectivity index (χ4n) is 3.51. The Morgan fingerprint density at radius 2 is 1.93 bits per heavy atom. The molecule has 0 bridgehead atoms. The highest BCUT2D eigenvalue weighted by Crippen LogP contribution is 2.29. The molecule has 162 valence electrons. The zero-order valence-corrected chi connectivity index (χ0v) is 17.6. The number of aromatic amines is 1. The van der Waals surface area contributed by atoms with E-state index in [2.05, 4.69) is 15.6 Å². The van der Waals surface area contributed by atoms with E-state index >= 15 is 0 Å². The van der Waals surface area contributed by atoms with Gasteiger partial charge in [0.05, 0.1) is 6.10 Å². The lowest BCUT2D eigenvalue weighted by Gasteiger charge is -2.25. The zero-order valence-electron chi connectivity index (χ0n) is 16.8. The van der Waals surface area contributed by atoms with Gasteiger partial charge in [0, 0.05) is 29.7 Å². The molecule has 1 aliphatic carbocycles. The van der Waals surface area contributed by atoms with Crippen LogP contribution in [0.2, 0.25) is 5.02 Å². The molecule has 1 atom stereocenters. The van der Waals surface area contributed by atoms with Gasteiger partial charge in [-0.1, -0.05) is 17.7 Å². The molecule has 0 spiro atoms. The van der Waals surface area contributed by atoms with Gasteiger partial charge in [0.1, 0.15) is 23.3 Å². The topological polar surface area (TPSA) is 103 Å². The molecular weight excluding hydrogens is 413 g/mol. The molecule has 0 unspecified atom stereocenters. The quantitative estimate of drug-likeness (QED) is 0.556. The molecule has 0 radical (unpaired) electrons. The minimum Gasteiger partial charge on any atom is -0.483 e. The third kappa shape index (κ3) is 5.12. The minimum absolute atomic E-state index is 0.0425. The normalized spacial score (nSPS) is 19.8. The highest BCUT2D eigenvalue weighted by atomic mass is 35.5. The molecule has 1 fully saturated rings. The molecule has 4 N–H and O–H groups in total. The maximum atomic E-state index is 14.2. The van der Waals surface area contributed by atoms with Gasteiger partial charge in [0.25, 0.3) is 11.8 Å². The van der Waals surface area contributed by atoms with Crippen LogP contribution in [0.25, 0.3) is 0 Å². The summed E-state index contributed by atoms with van der Waals surface area (Å²) in [5.74, 6) is -1.22. The fourth-order valence-corrected chi connectivity index (χ4v) is 3.67. The van der Waals surface area contributed by atoms with Crippen molar-refractivity contribution in [1.29, 1.82) is 0 Å². The first kappa shape index (κ1) is 22.1. The van der Waals surface area contributed by atoms with E-state index < -0.39 is 17.8 Å². The van der Waals surface area contributed by atoms with Crippen LogP contribution < -0.4 is 15.4 Å². The van der Waals surface area contributed by atoms with E-state index in [1.165, 1.54) is 25.2 Å². The second kappa shape index (κ2) is 9.49. The molecular formula is C21H25ClFN3O4. The minimum atomic E-state index is -0.725. The van der Waals surface area contributed by atoms with Crippen LogP contribution in [0.15, 0.2) is 24.3 Å². The van der Waals surface area contributed by atoms with Gasteiger partial charge in [-0.3, -0.25) is 9.59 Å². The first-order chi connectivity index (χ1) is 14.3. The van der Waals surface area contributed by atoms with E-state index in [0.29, 0.717) is 25.7 Å². The number of H-pyrrole nitrogens is 1. The van der Waals surface area contributed by atoms with Crippen molar-refractivity contribution in [2.75, 3.05) is 7.05 Å². The van der Waals surface area contributed by atoms with Crippen molar-refractivity contribution >= 4 is 23.4 Å². The number of carbonyl (C=O) groups is 2. The lowest BCUT2D eigenvalue weighted by atomic mass is 9.93. The van der Waals surface area contributed by atoms with Crippen LogP contribution in [-0.4, -0.2) is 41.1 Å². The highest BCUT2D eigenvalue weighted by Gasteiger charge is 2.25. The van der Waals surface area contributed by atoms with Crippen LogP contribution in [0.5, 0.6) is 5.75 Å². The Balaban J connectivity index is 1.78. The zero-order chi connectivity index (χ0) is 21.8. The largest absolute Gasteiger partial charge is 0.483 e. The maximum Gasteiger partial charge on any atom is 0.271 e. The van der Waals surface area contributed by atoms with Gasteiger partial charge in [0.2, 0.25) is 0 Å². The van der Waals surface area contributed by atoms with E-state index in [-0.39, 0.29) is 45.8 Å². The Morgan fingerprint density at radius 3 is 2.57 bits per heavy atom. The third-order valence-corrected chi connectivity index (χ3v) is 5.45. The number of carbonyl (C=O) groups excluding carboxylic acids is 2. The summed E-state index contributed by atoms with van der Waals surface area (Å²) in [6.07, 6.45) is 1.60. The van der Waals surface area contributed by atoms with E-state index in [0.717, 1.165) is 0 Å². The smallest absolute Gasteiger partial charge is 0.271 e. The number of hydrogen-bond donors (Lipinski definition) is 4. The molecule has 1 aromatic carbocycles. The van der Waals surface area contributed by atoms with Crippen molar-refractivity contribution in [3.63, 3.8) is 0 Å². The molecule has 1 aliphatic rings. The van der Waals surface area contributed by atoms with Crippen LogP contribution in [0.1, 0.15) is 65.3 Å². The summed E-state index contributed by atoms with van der Waals surface area (Å²) in [7, 11) is 1.46. The monoisotopic (exact) mass is 437 g/mol. The van der Waals surface area contributed by atoms with Gasteiger partial charge in [-0.25, -0.2) is 4.39 Å². The SMILES string of the molecule is CNC(=O)c1[nH]c(C(=O)NC2CCC(O)CC2)cc1O[C@@H](C)c1ccc(Cl)cc1F. The van der Waals surface area contributed by atoms with Crippen LogP contribution >= 0.6 is 11.6 Å². The Morgan fingerprint density at radius 1 is 1.23 bits per heavy atom. The molecule has 2 aromatic rings. The summed E-state index contributed by atoms with van der Waals surface area (Å²) >= 11 is 5.80. The van der Waals surface area contributed by atoms with Crippen LogP contribution in [0, 0.1) is 5.82 Å². The van der Waals surface area contributed by atoms with Crippen molar-refractivity contribution in [2.24, 2.45) is 0 Å². The summed E-state index contributed by atoms with van der Waals surface area (Å²) in [6, 6.07) is 5.64. The average molecular weight is 438 g/mol. The average Bonchev–Trinajstić information content (AvgIpc) is 3.13. The summed E-state index contributed by atoms with van der Waals surface area (Å²) in [5.41, 5.74) is 0.511. The Kier molecular flexibility index (Phi) is 6.99. The standard InChI is InChI=1S/C21H25ClFN3O4/c1-11(15-8-3-12(22)9-16(15)23)30-18-10-17(26-19(18)21(29)24-2)20(28)25-13-4-6-14(27)7-5-13/h3,8-11,13-14,26-27H,4-7H2,1-2H3,(H,24,29)(H,25,28)/t11-,13?,14?/m0/s1. The fraction of sp³-hybridized carbons (Fsp3) is 0.429. The van der Waals surface area contributed by atoms with Crippen LogP contribution in [-0.2, 0) is 0 Å². The number of aliphatic hydroxyl groups is 1. The molecule has 2 amide bonds. The number of hydrogen-bond acceptors (Lipinski definition) is 4. The number of benzene rings is 1. The van der Waals surface area contributed by atoms with E-state index in [9.17, 15) is 19.1 Å². The summed E-state index contributed by atoms with van der Waals surface area (Å²) in [4.78, 5) is 27.7. The number of nitrogens with one attached hydrogen (secondary N) is 3. The predicted molar refractivity (Wildman–Crippen MR) is 110 cm³/mol. The van der Waals surface area contributed by atoms with E-state index in [1.54, 1.807) is 13.0 Å². The van der Waals surface area contributed by atoms with Crippen molar-refractivity contribution in [3.8, 4) is 5.75 Å². The van der Waals surface area contributed by atoms with Crippen molar-refractivity contribution in [1.82, 2.24) is 15.6 Å². The second-order valence-electron chi connectivity index (χ2n) is 7.41. The molecule has 1 aromatic heterocycles. The lowest BCUT2D eigenvalue weighted by Crippen LogP contribution is -2.38. The molecule has 0 aliphatic heterocycles. The predicted octanol–water partition coefficient (Wildman–Crippen LogP) is 3.34. The van der Waals surface area contributed by atoms with Crippen molar-refractivity contribution in [3.05, 3.63) is 52.1 Å². The van der Waals surface area contributed by atoms with Gasteiger partial charge in [0.15, 0.2) is 5.75 Å². The van der Waals surface area contributed by atoms with Gasteiger partial charge in [-0.2, -0.15) is 0 Å². The Hall–Kier alpha value is -2.58. The number of ether oxygens (including phenoxy) is 1. The molecule has 3 rings (SSSR count). The number of aliphatic hydroxyl groups excluding tert-OH is 1. The molecule has 9 heteroatoms. The number of aromatic nitrogens is 1. The van der Waals surface area contributed by atoms with Gasteiger partial charge < -0.3 is 25.5 Å². The van der Waals surface area contributed by atoms with Crippen LogP contribution in [0.4, 0.5) is 4.39 Å². The molecule has 7 nitrogen and oxygen atoms in total. The number of halogens is 2. The lowest BCUT2D eigenvalue weighted by molar-refractivity contribution is 0.0863. The summed E-state index contributed by atoms with van der Waals surface area (Å²) < 4.78 is 20.0. The van der Waals surface area contributed by atoms with Gasteiger partial charge >= 0.3 is 0 Å². The maximum absolute atomic E-state index is 14.2. The summed E-state index contributed by atoms with van der Waals surface area (Å²) in [6.45, 7) is 1.64.